The Morgan fingerprint density at radius 2 is 1.86 bits per heavy atom. The minimum absolute atomic E-state index is 0.0232. The molecule has 21 heavy (non-hydrogen) atoms. The Morgan fingerprint density at radius 1 is 1.14 bits per heavy atom. The fraction of sp³-hybridized carbons (Fsp3) is 0.0714. The number of ether oxygens (including phenoxy) is 1. The van der Waals surface area contributed by atoms with Crippen LogP contribution in [-0.4, -0.2) is 10.7 Å². The Bertz CT molecular complexity index is 731. The molecule has 0 saturated carbocycles. The quantitative estimate of drug-likeness (QED) is 0.455. The fourth-order valence-electron chi connectivity index (χ4n) is 1.64. The van der Waals surface area contributed by atoms with E-state index < -0.39 is 4.92 Å². The molecule has 0 atom stereocenters. The number of ketones is 1. The summed E-state index contributed by atoms with van der Waals surface area (Å²) in [5.74, 6) is 0.0363. The van der Waals surface area contributed by atoms with Gasteiger partial charge in [-0.3, -0.25) is 14.9 Å². The van der Waals surface area contributed by atoms with Crippen LogP contribution in [0.1, 0.15) is 17.3 Å². The van der Waals surface area contributed by atoms with Crippen molar-refractivity contribution in [2.45, 2.75) is 6.92 Å². The second kappa shape index (κ2) is 6.11. The van der Waals surface area contributed by atoms with Crippen LogP contribution in [-0.2, 0) is 0 Å². The van der Waals surface area contributed by atoms with Crippen molar-refractivity contribution in [1.82, 2.24) is 0 Å². The molecule has 0 heterocycles. The maximum Gasteiger partial charge on any atom is 0.311 e. The smallest absolute Gasteiger partial charge is 0.311 e. The lowest BCUT2D eigenvalue weighted by atomic mass is 10.1. The first kappa shape index (κ1) is 15.3. The highest BCUT2D eigenvalue weighted by molar-refractivity contribution is 6.32. The van der Waals surface area contributed by atoms with Crippen molar-refractivity contribution in [2.75, 3.05) is 0 Å². The van der Waals surface area contributed by atoms with E-state index in [9.17, 15) is 14.9 Å². The summed E-state index contributed by atoms with van der Waals surface area (Å²) in [6, 6.07) is 8.41. The average Bonchev–Trinajstić information content (AvgIpc) is 2.40. The number of nitro benzene ring substituents is 1. The van der Waals surface area contributed by atoms with Gasteiger partial charge < -0.3 is 4.74 Å². The van der Waals surface area contributed by atoms with E-state index in [0.717, 1.165) is 0 Å². The Morgan fingerprint density at radius 3 is 2.43 bits per heavy atom. The summed E-state index contributed by atoms with van der Waals surface area (Å²) < 4.78 is 5.45. The lowest BCUT2D eigenvalue weighted by molar-refractivity contribution is -0.385. The summed E-state index contributed by atoms with van der Waals surface area (Å²) in [6.07, 6.45) is 0. The Balaban J connectivity index is 2.40. The molecular formula is C14H9Cl2NO4. The molecule has 0 aliphatic heterocycles. The monoisotopic (exact) mass is 325 g/mol. The van der Waals surface area contributed by atoms with Crippen molar-refractivity contribution in [3.8, 4) is 11.5 Å². The number of carbonyl (C=O) groups excluding carboxylic acids is 1. The van der Waals surface area contributed by atoms with E-state index in [2.05, 4.69) is 0 Å². The molecule has 0 aliphatic rings. The molecule has 0 radical (unpaired) electrons. The number of benzene rings is 2. The summed E-state index contributed by atoms with van der Waals surface area (Å²) in [5.41, 5.74) is 0.194. The van der Waals surface area contributed by atoms with Crippen LogP contribution in [0.3, 0.4) is 0 Å². The second-order valence-corrected chi connectivity index (χ2v) is 5.02. The zero-order chi connectivity index (χ0) is 15.6. The zero-order valence-corrected chi connectivity index (χ0v) is 12.3. The molecule has 0 fully saturated rings. The molecule has 2 rings (SSSR count). The predicted octanol–water partition coefficient (Wildman–Crippen LogP) is 4.90. The minimum atomic E-state index is -0.580. The van der Waals surface area contributed by atoms with E-state index in [1.807, 2.05) is 0 Å². The summed E-state index contributed by atoms with van der Waals surface area (Å²) in [4.78, 5) is 21.6. The van der Waals surface area contributed by atoms with Crippen LogP contribution in [0.4, 0.5) is 5.69 Å². The lowest BCUT2D eigenvalue weighted by Crippen LogP contribution is -1.95. The van der Waals surface area contributed by atoms with Gasteiger partial charge in [0.25, 0.3) is 0 Å². The Kier molecular flexibility index (Phi) is 4.45. The van der Waals surface area contributed by atoms with Gasteiger partial charge in [-0.25, -0.2) is 0 Å². The molecule has 0 aromatic heterocycles. The van der Waals surface area contributed by atoms with E-state index in [1.54, 1.807) is 0 Å². The van der Waals surface area contributed by atoms with Gasteiger partial charge in [-0.15, -0.1) is 0 Å². The highest BCUT2D eigenvalue weighted by Gasteiger charge is 2.17. The predicted molar refractivity (Wildman–Crippen MR) is 79.6 cm³/mol. The molecule has 0 spiro atoms. The second-order valence-electron chi connectivity index (χ2n) is 4.17. The van der Waals surface area contributed by atoms with E-state index in [0.29, 0.717) is 10.6 Å². The molecule has 0 saturated heterocycles. The van der Waals surface area contributed by atoms with Crippen molar-refractivity contribution in [2.24, 2.45) is 0 Å². The maximum atomic E-state index is 11.2. The number of carbonyl (C=O) groups is 1. The molecule has 0 bridgehead atoms. The third kappa shape index (κ3) is 3.51. The molecule has 2 aromatic rings. The van der Waals surface area contributed by atoms with Gasteiger partial charge in [0.15, 0.2) is 5.78 Å². The molecule has 108 valence electrons. The number of nitro groups is 1. The van der Waals surface area contributed by atoms with Crippen LogP contribution in [0, 0.1) is 10.1 Å². The number of hydrogen-bond acceptors (Lipinski definition) is 4. The summed E-state index contributed by atoms with van der Waals surface area (Å²) in [6.45, 7) is 1.41. The largest absolute Gasteiger partial charge is 0.449 e. The van der Waals surface area contributed by atoms with Gasteiger partial charge in [0, 0.05) is 22.7 Å². The van der Waals surface area contributed by atoms with E-state index in [1.165, 1.54) is 43.3 Å². The third-order valence-electron chi connectivity index (χ3n) is 2.68. The molecule has 7 heteroatoms. The van der Waals surface area contributed by atoms with Crippen LogP contribution in [0.5, 0.6) is 11.5 Å². The normalized spacial score (nSPS) is 10.2. The van der Waals surface area contributed by atoms with Crippen LogP contribution in [0.15, 0.2) is 36.4 Å². The number of rotatable bonds is 4. The van der Waals surface area contributed by atoms with Crippen LogP contribution >= 0.6 is 23.2 Å². The summed E-state index contributed by atoms with van der Waals surface area (Å²) in [7, 11) is 0. The molecule has 0 unspecified atom stereocenters. The van der Waals surface area contributed by atoms with E-state index in [4.69, 9.17) is 27.9 Å². The minimum Gasteiger partial charge on any atom is -0.449 e. The highest BCUT2D eigenvalue weighted by atomic mass is 35.5. The number of hydrogen-bond donors (Lipinski definition) is 0. The molecular weight excluding hydrogens is 317 g/mol. The SMILES string of the molecule is CC(=O)c1ccc(Oc2cc(Cl)ccc2[N+](=O)[O-])c(Cl)c1. The molecule has 0 amide bonds. The van der Waals surface area contributed by atoms with Gasteiger partial charge in [0.2, 0.25) is 5.75 Å². The van der Waals surface area contributed by atoms with Crippen LogP contribution in [0.25, 0.3) is 0 Å². The van der Waals surface area contributed by atoms with E-state index in [-0.39, 0.29) is 28.0 Å². The van der Waals surface area contributed by atoms with Crippen molar-refractivity contribution < 1.29 is 14.5 Å². The third-order valence-corrected chi connectivity index (χ3v) is 3.21. The average molecular weight is 326 g/mol. The van der Waals surface area contributed by atoms with Crippen LogP contribution in [0.2, 0.25) is 10.0 Å². The van der Waals surface area contributed by atoms with E-state index >= 15 is 0 Å². The molecule has 2 aromatic carbocycles. The first-order valence-electron chi connectivity index (χ1n) is 5.81. The van der Waals surface area contributed by atoms with Gasteiger partial charge in [-0.1, -0.05) is 23.2 Å². The van der Waals surface area contributed by atoms with Crippen molar-refractivity contribution in [3.05, 3.63) is 62.1 Å². The van der Waals surface area contributed by atoms with Crippen molar-refractivity contribution >= 4 is 34.7 Å². The summed E-state index contributed by atoms with van der Waals surface area (Å²) >= 11 is 11.8. The van der Waals surface area contributed by atoms with Gasteiger partial charge in [0.1, 0.15) is 5.75 Å². The molecule has 0 N–H and O–H groups in total. The summed E-state index contributed by atoms with van der Waals surface area (Å²) in [5, 5.41) is 11.4. The fourth-order valence-corrected chi connectivity index (χ4v) is 2.02. The number of nitrogens with zero attached hydrogens (tertiary/aromatic N) is 1. The van der Waals surface area contributed by atoms with Crippen molar-refractivity contribution in [1.29, 1.82) is 0 Å². The van der Waals surface area contributed by atoms with Gasteiger partial charge in [-0.05, 0) is 31.2 Å². The number of halogens is 2. The van der Waals surface area contributed by atoms with Crippen LogP contribution < -0.4 is 4.74 Å². The first-order valence-corrected chi connectivity index (χ1v) is 6.56. The topological polar surface area (TPSA) is 69.4 Å². The van der Waals surface area contributed by atoms with Gasteiger partial charge >= 0.3 is 5.69 Å². The first-order chi connectivity index (χ1) is 9.88. The lowest BCUT2D eigenvalue weighted by Gasteiger charge is -2.09. The van der Waals surface area contributed by atoms with Gasteiger partial charge in [-0.2, -0.15) is 0 Å². The highest BCUT2D eigenvalue weighted by Crippen LogP contribution is 2.36. The number of Topliss-reactive ketones (excluding diaryl/α,β-unsaturated/α-hetero) is 1. The molecule has 5 nitrogen and oxygen atoms in total. The Labute approximate surface area is 130 Å². The standard InChI is InChI=1S/C14H9Cl2NO4/c1-8(18)9-2-5-13(11(16)6-9)21-14-7-10(15)3-4-12(14)17(19)20/h2-7H,1H3. The molecule has 0 aliphatic carbocycles. The van der Waals surface area contributed by atoms with Gasteiger partial charge in [0.05, 0.1) is 9.95 Å². The van der Waals surface area contributed by atoms with Crippen molar-refractivity contribution in [3.63, 3.8) is 0 Å². The zero-order valence-electron chi connectivity index (χ0n) is 10.8. The maximum absolute atomic E-state index is 11.2. The Hall–Kier alpha value is -2.11.